The van der Waals surface area contributed by atoms with Crippen molar-refractivity contribution < 1.29 is 9.18 Å². The van der Waals surface area contributed by atoms with E-state index in [1.807, 2.05) is 59.9 Å². The first-order valence-electron chi connectivity index (χ1n) is 8.79. The molecule has 0 saturated heterocycles. The third-order valence-electron chi connectivity index (χ3n) is 4.52. The number of nitrogens with one attached hydrogen (secondary N) is 1. The molecule has 0 aliphatic carbocycles. The van der Waals surface area contributed by atoms with Crippen LogP contribution < -0.4 is 5.32 Å². The lowest BCUT2D eigenvalue weighted by Crippen LogP contribution is -2.15. The van der Waals surface area contributed by atoms with Crippen molar-refractivity contribution in [3.8, 4) is 0 Å². The zero-order chi connectivity index (χ0) is 19.7. The third-order valence-corrected chi connectivity index (χ3v) is 5.68. The highest BCUT2D eigenvalue weighted by Gasteiger charge is 2.14. The van der Waals surface area contributed by atoms with E-state index in [9.17, 15) is 9.18 Å². The van der Waals surface area contributed by atoms with E-state index in [-0.39, 0.29) is 12.3 Å². The Hall–Kier alpha value is -3.06. The Kier molecular flexibility index (Phi) is 4.92. The van der Waals surface area contributed by atoms with Crippen LogP contribution in [-0.4, -0.2) is 20.0 Å². The van der Waals surface area contributed by atoms with Gasteiger partial charge in [-0.25, -0.2) is 9.37 Å². The van der Waals surface area contributed by atoms with E-state index in [0.717, 1.165) is 26.5 Å². The lowest BCUT2D eigenvalue weighted by Gasteiger charge is -2.11. The molecule has 0 spiro atoms. The normalized spacial score (nSPS) is 11.1. The number of nitrogens with zero attached hydrogens (tertiary/aromatic N) is 3. The highest BCUT2D eigenvalue weighted by molar-refractivity contribution is 7.99. The second-order valence-corrected chi connectivity index (χ2v) is 7.58. The van der Waals surface area contributed by atoms with Gasteiger partial charge in [-0.15, -0.1) is 0 Å². The zero-order valence-electron chi connectivity index (χ0n) is 15.5. The number of hydrogen-bond acceptors (Lipinski definition) is 3. The Morgan fingerprint density at radius 1 is 1.18 bits per heavy atom. The van der Waals surface area contributed by atoms with E-state index >= 15 is 0 Å². The van der Waals surface area contributed by atoms with Gasteiger partial charge in [-0.3, -0.25) is 4.79 Å². The molecule has 1 N–H and O–H groups in total. The molecule has 0 fully saturated rings. The quantitative estimate of drug-likeness (QED) is 0.546. The highest BCUT2D eigenvalue weighted by atomic mass is 32.2. The van der Waals surface area contributed by atoms with E-state index < -0.39 is 5.82 Å². The van der Waals surface area contributed by atoms with E-state index in [4.69, 9.17) is 0 Å². The van der Waals surface area contributed by atoms with Gasteiger partial charge >= 0.3 is 0 Å². The average molecular weight is 394 g/mol. The van der Waals surface area contributed by atoms with E-state index in [0.29, 0.717) is 5.69 Å². The van der Waals surface area contributed by atoms with Gasteiger partial charge in [0.1, 0.15) is 5.82 Å². The lowest BCUT2D eigenvalue weighted by atomic mass is 10.1. The Labute approximate surface area is 166 Å². The minimum absolute atomic E-state index is 0.191. The second-order valence-electron chi connectivity index (χ2n) is 6.57. The van der Waals surface area contributed by atoms with Gasteiger partial charge in [0.05, 0.1) is 12.1 Å². The topological polar surface area (TPSA) is 51.9 Å². The van der Waals surface area contributed by atoms with Crippen LogP contribution in [0.5, 0.6) is 0 Å². The van der Waals surface area contributed by atoms with Crippen LogP contribution in [0.3, 0.4) is 0 Å². The van der Waals surface area contributed by atoms with Gasteiger partial charge in [-0.1, -0.05) is 18.2 Å². The molecular weight excluding hydrogens is 375 g/mol. The number of benzene rings is 2. The molecule has 4 rings (SSSR count). The number of aryl methyl sites for hydroxylation is 2. The maximum Gasteiger partial charge on any atom is 0.228 e. The average Bonchev–Trinajstić information content (AvgIpc) is 3.21. The molecule has 0 radical (unpaired) electrons. The number of amides is 1. The van der Waals surface area contributed by atoms with Crippen LogP contribution in [0.15, 0.2) is 71.1 Å². The molecule has 0 bridgehead atoms. The number of carbonyl (C=O) groups excluding carboxylic acids is 1. The number of carbonyl (C=O) groups is 1. The monoisotopic (exact) mass is 394 g/mol. The minimum atomic E-state index is -0.398. The van der Waals surface area contributed by atoms with E-state index in [1.54, 1.807) is 12.3 Å². The van der Waals surface area contributed by atoms with Gasteiger partial charge in [-0.05, 0) is 41.6 Å². The minimum Gasteiger partial charge on any atom is -0.350 e. The van der Waals surface area contributed by atoms with Gasteiger partial charge in [0.2, 0.25) is 5.91 Å². The predicted molar refractivity (Wildman–Crippen MR) is 109 cm³/mol. The van der Waals surface area contributed by atoms with Crippen LogP contribution in [0.1, 0.15) is 5.56 Å². The number of aromatic nitrogens is 3. The first kappa shape index (κ1) is 18.3. The van der Waals surface area contributed by atoms with Crippen molar-refractivity contribution in [1.29, 1.82) is 0 Å². The molecule has 7 heteroatoms. The summed E-state index contributed by atoms with van der Waals surface area (Å²) in [6.07, 6.45) is 5.71. The van der Waals surface area contributed by atoms with Gasteiger partial charge in [0, 0.05) is 48.5 Å². The first-order chi connectivity index (χ1) is 13.5. The summed E-state index contributed by atoms with van der Waals surface area (Å²) in [5.74, 6) is -0.590. The maximum atomic E-state index is 13.8. The summed E-state index contributed by atoms with van der Waals surface area (Å²) < 4.78 is 17.7. The smallest absolute Gasteiger partial charge is 0.228 e. The van der Waals surface area contributed by atoms with Crippen molar-refractivity contribution in [3.05, 3.63) is 72.4 Å². The number of hydrogen-bond donors (Lipinski definition) is 1. The molecule has 4 aromatic rings. The first-order valence-corrected chi connectivity index (χ1v) is 9.60. The lowest BCUT2D eigenvalue weighted by molar-refractivity contribution is -0.115. The van der Waals surface area contributed by atoms with E-state index in [1.165, 1.54) is 23.9 Å². The molecular formula is C21H19FN4OS. The van der Waals surface area contributed by atoms with Crippen molar-refractivity contribution in [2.45, 2.75) is 16.5 Å². The van der Waals surface area contributed by atoms with Crippen molar-refractivity contribution in [1.82, 2.24) is 14.1 Å². The number of imidazole rings is 1. The Morgan fingerprint density at radius 2 is 2.00 bits per heavy atom. The fourth-order valence-corrected chi connectivity index (χ4v) is 4.04. The highest BCUT2D eigenvalue weighted by Crippen LogP contribution is 2.33. The van der Waals surface area contributed by atoms with Gasteiger partial charge in [-0.2, -0.15) is 0 Å². The van der Waals surface area contributed by atoms with E-state index in [2.05, 4.69) is 10.3 Å². The maximum absolute atomic E-state index is 13.8. The van der Waals surface area contributed by atoms with Crippen molar-refractivity contribution in [3.63, 3.8) is 0 Å². The molecule has 5 nitrogen and oxygen atoms in total. The van der Waals surface area contributed by atoms with Crippen molar-refractivity contribution in [2.75, 3.05) is 5.32 Å². The van der Waals surface area contributed by atoms with Gasteiger partial charge in [0.15, 0.2) is 5.16 Å². The predicted octanol–water partition coefficient (Wildman–Crippen LogP) is 4.38. The fourth-order valence-electron chi connectivity index (χ4n) is 3.17. The molecule has 0 saturated carbocycles. The summed E-state index contributed by atoms with van der Waals surface area (Å²) >= 11 is 1.38. The summed E-state index contributed by atoms with van der Waals surface area (Å²) in [7, 11) is 3.84. The molecule has 2 aromatic heterocycles. The molecule has 0 unspecified atom stereocenters. The van der Waals surface area contributed by atoms with Gasteiger partial charge in [0.25, 0.3) is 0 Å². The number of halogens is 1. The Bertz CT molecular complexity index is 1160. The van der Waals surface area contributed by atoms with Crippen LogP contribution in [0.4, 0.5) is 10.1 Å². The molecule has 0 aliphatic heterocycles. The molecule has 0 aliphatic rings. The number of rotatable bonds is 5. The van der Waals surface area contributed by atoms with Crippen LogP contribution in [0.25, 0.3) is 10.9 Å². The summed E-state index contributed by atoms with van der Waals surface area (Å²) in [5, 5.41) is 4.66. The van der Waals surface area contributed by atoms with Crippen LogP contribution in [0, 0.1) is 5.82 Å². The molecule has 2 heterocycles. The van der Waals surface area contributed by atoms with Crippen molar-refractivity contribution >= 4 is 34.3 Å². The summed E-state index contributed by atoms with van der Waals surface area (Å²) in [6.45, 7) is 0. The summed E-state index contributed by atoms with van der Waals surface area (Å²) in [5.41, 5.74) is 2.45. The van der Waals surface area contributed by atoms with Crippen LogP contribution >= 0.6 is 11.8 Å². The number of anilines is 1. The molecule has 0 atom stereocenters. The Balaban J connectivity index is 1.57. The van der Waals surface area contributed by atoms with Gasteiger partial charge < -0.3 is 14.5 Å². The van der Waals surface area contributed by atoms with Crippen LogP contribution in [0.2, 0.25) is 0 Å². The SMILES string of the molecule is Cn1ccnc1Sc1ccc(F)cc1NC(=O)Cc1cn(C)c2ccccc12. The third kappa shape index (κ3) is 3.66. The summed E-state index contributed by atoms with van der Waals surface area (Å²) in [6, 6.07) is 12.3. The van der Waals surface area contributed by atoms with Crippen molar-refractivity contribution in [2.24, 2.45) is 14.1 Å². The largest absolute Gasteiger partial charge is 0.350 e. The Morgan fingerprint density at radius 3 is 2.79 bits per heavy atom. The standard InChI is InChI=1S/C21H19FN4OS/c1-25-10-9-23-21(25)28-19-8-7-15(22)12-17(19)24-20(27)11-14-13-26(2)18-6-4-3-5-16(14)18/h3-10,12-13H,11H2,1-2H3,(H,24,27). The molecule has 28 heavy (non-hydrogen) atoms. The molecule has 1 amide bonds. The zero-order valence-corrected chi connectivity index (χ0v) is 16.3. The fraction of sp³-hybridized carbons (Fsp3) is 0.143. The second kappa shape index (κ2) is 7.52. The summed E-state index contributed by atoms with van der Waals surface area (Å²) in [4.78, 5) is 17.7. The number of para-hydroxylation sites is 1. The van der Waals surface area contributed by atoms with Crippen LogP contribution in [-0.2, 0) is 25.3 Å². The molecule has 2 aromatic carbocycles. The molecule has 142 valence electrons. The number of fused-ring (bicyclic) bond motifs is 1.